The van der Waals surface area contributed by atoms with Gasteiger partial charge in [-0.05, 0) is 31.1 Å². The van der Waals surface area contributed by atoms with Crippen molar-refractivity contribution < 1.29 is 19.0 Å². The second kappa shape index (κ2) is 10.1. The third-order valence-electron chi connectivity index (χ3n) is 5.50. The molecule has 1 aliphatic rings. The van der Waals surface area contributed by atoms with Crippen molar-refractivity contribution in [2.24, 2.45) is 4.99 Å². The summed E-state index contributed by atoms with van der Waals surface area (Å²) in [6.07, 6.45) is 2.62. The number of nitrogens with zero attached hydrogens (tertiary/aromatic N) is 2. The van der Waals surface area contributed by atoms with Crippen molar-refractivity contribution in [2.75, 3.05) is 20.8 Å². The first-order chi connectivity index (χ1) is 16.5. The van der Waals surface area contributed by atoms with Crippen molar-refractivity contribution >= 4 is 23.4 Å². The number of hydrogen-bond donors (Lipinski definition) is 0. The van der Waals surface area contributed by atoms with Crippen LogP contribution in [0, 0.1) is 0 Å². The Bertz CT molecular complexity index is 1420. The number of aromatic nitrogens is 1. The van der Waals surface area contributed by atoms with Gasteiger partial charge >= 0.3 is 5.97 Å². The topological polar surface area (TPSA) is 79.1 Å². The summed E-state index contributed by atoms with van der Waals surface area (Å²) < 4.78 is 18.8. The largest absolute Gasteiger partial charge is 0.493 e. The highest BCUT2D eigenvalue weighted by Gasteiger charge is 2.35. The van der Waals surface area contributed by atoms with E-state index >= 15 is 0 Å². The number of esters is 1. The lowest BCUT2D eigenvalue weighted by molar-refractivity contribution is -0.136. The van der Waals surface area contributed by atoms with Gasteiger partial charge in [0.25, 0.3) is 5.56 Å². The first kappa shape index (κ1) is 23.5. The number of ether oxygens (including phenoxy) is 3. The third kappa shape index (κ3) is 4.28. The fourth-order valence-electron chi connectivity index (χ4n) is 3.95. The van der Waals surface area contributed by atoms with Gasteiger partial charge in [0.1, 0.15) is 6.04 Å². The van der Waals surface area contributed by atoms with Crippen LogP contribution in [0.3, 0.4) is 0 Å². The number of allylic oxidation sites excluding steroid dienone is 1. The molecule has 0 saturated carbocycles. The van der Waals surface area contributed by atoms with E-state index in [1.807, 2.05) is 55.5 Å². The normalized spacial score (nSPS) is 15.5. The Morgan fingerprint density at radius 2 is 1.91 bits per heavy atom. The van der Waals surface area contributed by atoms with Gasteiger partial charge in [-0.3, -0.25) is 9.36 Å². The number of fused-ring (bicyclic) bond motifs is 1. The Balaban J connectivity index is 2.02. The zero-order valence-corrected chi connectivity index (χ0v) is 20.3. The van der Waals surface area contributed by atoms with Gasteiger partial charge in [0.15, 0.2) is 16.3 Å². The molecule has 2 heterocycles. The summed E-state index contributed by atoms with van der Waals surface area (Å²) in [7, 11) is 2.88. The number of methoxy groups -OCH3 is 2. The van der Waals surface area contributed by atoms with Crippen LogP contribution in [0.2, 0.25) is 0 Å². The molecule has 1 aliphatic heterocycles. The van der Waals surface area contributed by atoms with Crippen LogP contribution in [0.15, 0.2) is 69.6 Å². The molecule has 1 aromatic heterocycles. The van der Waals surface area contributed by atoms with Gasteiger partial charge in [0, 0.05) is 5.56 Å². The maximum Gasteiger partial charge on any atom is 0.338 e. The standard InChI is InChI=1S/C26H26N2O5S/c1-5-14-33-23-18(12-9-13-19(23)31-3)22-21(25(30)32-4)16(2)27-26-28(22)24(29)20(34-26)15-17-10-7-6-8-11-17/h6-13,15,22H,5,14H2,1-4H3/b20-15+/t22-/m0/s1. The molecular formula is C26H26N2O5S. The zero-order valence-electron chi connectivity index (χ0n) is 19.5. The second-order valence-corrected chi connectivity index (χ2v) is 8.72. The lowest BCUT2D eigenvalue weighted by Gasteiger charge is -2.26. The average Bonchev–Trinajstić information content (AvgIpc) is 3.16. The Labute approximate surface area is 201 Å². The summed E-state index contributed by atoms with van der Waals surface area (Å²) >= 11 is 1.28. The van der Waals surface area contributed by atoms with Crippen LogP contribution in [0.5, 0.6) is 11.5 Å². The van der Waals surface area contributed by atoms with Gasteiger partial charge in [-0.1, -0.05) is 60.7 Å². The van der Waals surface area contributed by atoms with E-state index in [1.165, 1.54) is 18.4 Å². The van der Waals surface area contributed by atoms with Crippen LogP contribution in [-0.2, 0) is 9.53 Å². The second-order valence-electron chi connectivity index (χ2n) is 7.71. The van der Waals surface area contributed by atoms with Crippen LogP contribution in [0.1, 0.15) is 37.4 Å². The molecule has 0 bridgehead atoms. The van der Waals surface area contributed by atoms with Crippen molar-refractivity contribution in [1.82, 2.24) is 4.57 Å². The highest BCUT2D eigenvalue weighted by Crippen LogP contribution is 2.40. The number of thiazole rings is 1. The molecule has 0 unspecified atom stereocenters. The molecule has 0 amide bonds. The molecule has 0 fully saturated rings. The van der Waals surface area contributed by atoms with Gasteiger partial charge < -0.3 is 14.2 Å². The summed E-state index contributed by atoms with van der Waals surface area (Å²) in [6, 6.07) is 14.3. The van der Waals surface area contributed by atoms with E-state index in [4.69, 9.17) is 14.2 Å². The first-order valence-electron chi connectivity index (χ1n) is 11.0. The summed E-state index contributed by atoms with van der Waals surface area (Å²) in [5, 5.41) is 0. The molecule has 34 heavy (non-hydrogen) atoms. The van der Waals surface area contributed by atoms with Gasteiger partial charge in [0.2, 0.25) is 0 Å². The zero-order chi connectivity index (χ0) is 24.2. The minimum Gasteiger partial charge on any atom is -0.493 e. The lowest BCUT2D eigenvalue weighted by Crippen LogP contribution is -2.40. The highest BCUT2D eigenvalue weighted by atomic mass is 32.1. The number of rotatable bonds is 7. The van der Waals surface area contributed by atoms with E-state index in [0.29, 0.717) is 38.7 Å². The van der Waals surface area contributed by atoms with E-state index in [0.717, 1.165) is 12.0 Å². The molecule has 0 N–H and O–H groups in total. The molecule has 176 valence electrons. The first-order valence-corrected chi connectivity index (χ1v) is 11.8. The summed E-state index contributed by atoms with van der Waals surface area (Å²) in [5.74, 6) is 0.467. The Kier molecular flexibility index (Phi) is 6.98. The molecule has 1 atom stereocenters. The number of hydrogen-bond acceptors (Lipinski definition) is 7. The third-order valence-corrected chi connectivity index (χ3v) is 6.48. The minimum absolute atomic E-state index is 0.240. The predicted molar refractivity (Wildman–Crippen MR) is 131 cm³/mol. The van der Waals surface area contributed by atoms with Crippen molar-refractivity contribution in [2.45, 2.75) is 26.3 Å². The smallest absolute Gasteiger partial charge is 0.338 e. The van der Waals surface area contributed by atoms with Gasteiger partial charge in [-0.25, -0.2) is 9.79 Å². The SMILES string of the molecule is CCCOc1c(OC)cccc1[C@H]1C(C(=O)OC)=C(C)N=c2s/c(=C/c3ccccc3)c(=O)n21. The van der Waals surface area contributed by atoms with Crippen LogP contribution < -0.4 is 24.4 Å². The van der Waals surface area contributed by atoms with E-state index in [-0.39, 0.29) is 11.1 Å². The minimum atomic E-state index is -0.774. The number of benzene rings is 2. The summed E-state index contributed by atoms with van der Waals surface area (Å²) in [5.41, 5.74) is 2.08. The fraction of sp³-hybridized carbons (Fsp3) is 0.269. The lowest BCUT2D eigenvalue weighted by atomic mass is 9.94. The van der Waals surface area contributed by atoms with Crippen molar-refractivity contribution in [1.29, 1.82) is 0 Å². The van der Waals surface area contributed by atoms with Crippen LogP contribution in [-0.4, -0.2) is 31.4 Å². The van der Waals surface area contributed by atoms with Crippen molar-refractivity contribution in [3.63, 3.8) is 0 Å². The maximum atomic E-state index is 13.7. The molecule has 0 saturated heterocycles. The molecule has 4 rings (SSSR count). The van der Waals surface area contributed by atoms with Crippen LogP contribution >= 0.6 is 11.3 Å². The van der Waals surface area contributed by atoms with E-state index in [1.54, 1.807) is 24.7 Å². The van der Waals surface area contributed by atoms with Gasteiger partial charge in [-0.15, -0.1) is 0 Å². The quantitative estimate of drug-likeness (QED) is 0.488. The average molecular weight is 479 g/mol. The van der Waals surface area contributed by atoms with Crippen molar-refractivity contribution in [3.05, 3.63) is 90.6 Å². The molecule has 3 aromatic rings. The van der Waals surface area contributed by atoms with Crippen molar-refractivity contribution in [3.8, 4) is 11.5 Å². The fourth-order valence-corrected chi connectivity index (χ4v) is 5.00. The van der Waals surface area contributed by atoms with Crippen LogP contribution in [0.25, 0.3) is 6.08 Å². The maximum absolute atomic E-state index is 13.7. The Morgan fingerprint density at radius 1 is 1.15 bits per heavy atom. The van der Waals surface area contributed by atoms with E-state index in [9.17, 15) is 9.59 Å². The Hall–Kier alpha value is -3.65. The molecule has 7 nitrogen and oxygen atoms in total. The summed E-state index contributed by atoms with van der Waals surface area (Å²) in [4.78, 5) is 31.7. The molecular weight excluding hydrogens is 452 g/mol. The molecule has 0 spiro atoms. The van der Waals surface area contributed by atoms with E-state index in [2.05, 4.69) is 4.99 Å². The monoisotopic (exact) mass is 478 g/mol. The van der Waals surface area contributed by atoms with Gasteiger partial charge in [0.05, 0.1) is 36.6 Å². The number of carbonyl (C=O) groups excluding carboxylic acids is 1. The highest BCUT2D eigenvalue weighted by molar-refractivity contribution is 7.07. The molecule has 0 aliphatic carbocycles. The van der Waals surface area contributed by atoms with Crippen LogP contribution in [0.4, 0.5) is 0 Å². The number of para-hydroxylation sites is 1. The summed E-state index contributed by atoms with van der Waals surface area (Å²) in [6.45, 7) is 4.21. The van der Waals surface area contributed by atoms with E-state index < -0.39 is 12.0 Å². The Morgan fingerprint density at radius 3 is 2.59 bits per heavy atom. The van der Waals surface area contributed by atoms with Gasteiger partial charge in [-0.2, -0.15) is 0 Å². The number of carbonyl (C=O) groups is 1. The molecule has 2 aromatic carbocycles. The molecule has 8 heteroatoms. The predicted octanol–water partition coefficient (Wildman–Crippen LogP) is 3.21. The molecule has 0 radical (unpaired) electrons.